The summed E-state index contributed by atoms with van der Waals surface area (Å²) in [6.45, 7) is 2.00. The Morgan fingerprint density at radius 1 is 1.52 bits per heavy atom. The van der Waals surface area contributed by atoms with Crippen molar-refractivity contribution in [2.45, 2.75) is 18.6 Å². The third-order valence-corrected chi connectivity index (χ3v) is 5.14. The first-order valence-electron chi connectivity index (χ1n) is 7.31. The first-order valence-corrected chi connectivity index (χ1v) is 8.46. The number of carbonyl (C=O) groups excluding carboxylic acids is 1. The number of hydrogen-bond acceptors (Lipinski definition) is 8. The van der Waals surface area contributed by atoms with E-state index < -0.39 is 17.6 Å². The number of esters is 1. The maximum absolute atomic E-state index is 12.6. The highest BCUT2D eigenvalue weighted by molar-refractivity contribution is 7.99. The molecule has 0 aliphatic carbocycles. The molecular weight excluding hydrogens is 318 g/mol. The molecule has 9 heteroatoms. The Morgan fingerprint density at radius 2 is 2.30 bits per heavy atom. The molecule has 23 heavy (non-hydrogen) atoms. The lowest BCUT2D eigenvalue weighted by molar-refractivity contribution is -0.157. The summed E-state index contributed by atoms with van der Waals surface area (Å²) >= 11 is 1.51. The van der Waals surface area contributed by atoms with E-state index in [1.54, 1.807) is 17.8 Å². The first-order chi connectivity index (χ1) is 11.0. The Morgan fingerprint density at radius 3 is 2.91 bits per heavy atom. The van der Waals surface area contributed by atoms with Gasteiger partial charge in [-0.2, -0.15) is 11.8 Å². The Balaban J connectivity index is 2.20. The van der Waals surface area contributed by atoms with Crippen LogP contribution in [0.15, 0.2) is 12.7 Å². The van der Waals surface area contributed by atoms with Gasteiger partial charge in [-0.3, -0.25) is 4.57 Å². The fourth-order valence-corrected chi connectivity index (χ4v) is 4.16. The predicted molar refractivity (Wildman–Crippen MR) is 87.6 cm³/mol. The highest BCUT2D eigenvalue weighted by Gasteiger charge is 2.53. The van der Waals surface area contributed by atoms with Gasteiger partial charge in [-0.05, 0) is 6.92 Å². The van der Waals surface area contributed by atoms with E-state index >= 15 is 0 Å². The summed E-state index contributed by atoms with van der Waals surface area (Å²) < 4.78 is 6.87. The smallest absolute Gasteiger partial charge is 0.336 e. The number of fused-ring (bicyclic) bond motifs is 1. The third kappa shape index (κ3) is 2.34. The standard InChI is InChI=1S/C14H19N5O3S/c1-4-22-13(21)14(6-23-5-9(14)20)19-8-17-10-11(18(2)3)15-7-16-12(10)19/h7-9,20H,4-6H2,1-3H3. The second-order valence-electron chi connectivity index (χ2n) is 5.55. The van der Waals surface area contributed by atoms with E-state index in [9.17, 15) is 9.90 Å². The maximum Gasteiger partial charge on any atom is 0.336 e. The van der Waals surface area contributed by atoms with Crippen LogP contribution in [0.4, 0.5) is 5.82 Å². The quantitative estimate of drug-likeness (QED) is 0.794. The Hall–Kier alpha value is -1.87. The fourth-order valence-electron chi connectivity index (χ4n) is 2.78. The zero-order valence-electron chi connectivity index (χ0n) is 13.3. The fraction of sp³-hybridized carbons (Fsp3) is 0.571. The van der Waals surface area contributed by atoms with Gasteiger partial charge in [-0.15, -0.1) is 0 Å². The molecule has 3 rings (SSSR count). The van der Waals surface area contributed by atoms with Crippen LogP contribution in [0.5, 0.6) is 0 Å². The molecule has 8 nitrogen and oxygen atoms in total. The molecule has 0 aromatic carbocycles. The molecule has 1 N–H and O–H groups in total. The predicted octanol–water partition coefficient (Wildman–Crippen LogP) is 0.258. The molecule has 1 aliphatic heterocycles. The molecule has 0 saturated carbocycles. The van der Waals surface area contributed by atoms with Crippen molar-refractivity contribution < 1.29 is 14.6 Å². The number of hydrogen-bond donors (Lipinski definition) is 1. The van der Waals surface area contributed by atoms with Crippen LogP contribution in [0.25, 0.3) is 11.2 Å². The van der Waals surface area contributed by atoms with Crippen LogP contribution in [-0.4, -0.2) is 68.9 Å². The summed E-state index contributed by atoms with van der Waals surface area (Å²) in [6, 6.07) is 0. The van der Waals surface area contributed by atoms with Crippen LogP contribution in [0.1, 0.15) is 6.92 Å². The first kappa shape index (κ1) is 16.0. The van der Waals surface area contributed by atoms with Crippen molar-refractivity contribution in [1.29, 1.82) is 0 Å². The lowest BCUT2D eigenvalue weighted by Crippen LogP contribution is -2.51. The van der Waals surface area contributed by atoms with Crippen molar-refractivity contribution in [2.75, 3.05) is 37.1 Å². The summed E-state index contributed by atoms with van der Waals surface area (Å²) in [7, 11) is 3.73. The highest BCUT2D eigenvalue weighted by Crippen LogP contribution is 2.38. The van der Waals surface area contributed by atoms with Crippen LogP contribution in [0, 0.1) is 0 Å². The van der Waals surface area contributed by atoms with Crippen LogP contribution >= 0.6 is 11.8 Å². The van der Waals surface area contributed by atoms with E-state index in [1.807, 2.05) is 19.0 Å². The lowest BCUT2D eigenvalue weighted by atomic mass is 9.95. The Kier molecular flexibility index (Phi) is 4.15. The van der Waals surface area contributed by atoms with Gasteiger partial charge in [0.2, 0.25) is 0 Å². The number of thioether (sulfide) groups is 1. The van der Waals surface area contributed by atoms with Gasteiger partial charge in [0.1, 0.15) is 6.33 Å². The Labute approximate surface area is 137 Å². The van der Waals surface area contributed by atoms with Crippen molar-refractivity contribution in [3.8, 4) is 0 Å². The number of aromatic nitrogens is 4. The molecule has 1 saturated heterocycles. The van der Waals surface area contributed by atoms with Crippen LogP contribution in [0.2, 0.25) is 0 Å². The molecular formula is C14H19N5O3S. The second kappa shape index (κ2) is 5.97. The SMILES string of the molecule is CCOC(=O)C1(n2cnc3c(N(C)C)ncnc32)CSCC1O. The van der Waals surface area contributed by atoms with Gasteiger partial charge < -0.3 is 14.7 Å². The number of aliphatic hydroxyl groups is 1. The van der Waals surface area contributed by atoms with Crippen molar-refractivity contribution in [1.82, 2.24) is 19.5 Å². The number of anilines is 1. The summed E-state index contributed by atoms with van der Waals surface area (Å²) in [5.41, 5.74) is -0.100. The molecule has 2 unspecified atom stereocenters. The number of aliphatic hydroxyl groups excluding tert-OH is 1. The van der Waals surface area contributed by atoms with Crippen LogP contribution < -0.4 is 4.90 Å². The number of nitrogens with zero attached hydrogens (tertiary/aromatic N) is 5. The van der Waals surface area contributed by atoms with Crippen molar-refractivity contribution in [3.05, 3.63) is 12.7 Å². The number of ether oxygens (including phenoxy) is 1. The van der Waals surface area contributed by atoms with Crippen molar-refractivity contribution in [2.24, 2.45) is 0 Å². The van der Waals surface area contributed by atoms with Crippen molar-refractivity contribution >= 4 is 34.7 Å². The Bertz CT molecular complexity index is 734. The summed E-state index contributed by atoms with van der Waals surface area (Å²) in [5, 5.41) is 10.5. The molecule has 3 heterocycles. The molecule has 1 aliphatic rings. The highest BCUT2D eigenvalue weighted by atomic mass is 32.2. The van der Waals surface area contributed by atoms with E-state index in [4.69, 9.17) is 4.74 Å². The zero-order chi connectivity index (χ0) is 16.6. The minimum atomic E-state index is -1.20. The molecule has 0 amide bonds. The molecule has 0 bridgehead atoms. The van der Waals surface area contributed by atoms with Gasteiger partial charge in [0, 0.05) is 25.6 Å². The third-order valence-electron chi connectivity index (χ3n) is 3.95. The summed E-state index contributed by atoms with van der Waals surface area (Å²) in [4.78, 5) is 27.4. The van der Waals surface area contributed by atoms with E-state index in [-0.39, 0.29) is 6.61 Å². The summed E-state index contributed by atoms with van der Waals surface area (Å²) in [6.07, 6.45) is 2.11. The summed E-state index contributed by atoms with van der Waals surface area (Å²) in [5.74, 6) is 1.08. The largest absolute Gasteiger partial charge is 0.464 e. The van der Waals surface area contributed by atoms with Gasteiger partial charge in [0.15, 0.2) is 22.5 Å². The minimum Gasteiger partial charge on any atom is -0.464 e. The van der Waals surface area contributed by atoms with E-state index in [0.717, 1.165) is 0 Å². The molecule has 2 aromatic rings. The normalized spacial score (nSPS) is 24.1. The van der Waals surface area contributed by atoms with Crippen LogP contribution in [0.3, 0.4) is 0 Å². The maximum atomic E-state index is 12.6. The van der Waals surface area contributed by atoms with Gasteiger partial charge in [-0.25, -0.2) is 19.7 Å². The lowest BCUT2D eigenvalue weighted by Gasteiger charge is -2.30. The van der Waals surface area contributed by atoms with Crippen LogP contribution in [-0.2, 0) is 15.1 Å². The number of imidazole rings is 1. The van der Waals surface area contributed by atoms with E-state index in [2.05, 4.69) is 15.0 Å². The second-order valence-corrected chi connectivity index (χ2v) is 6.58. The van der Waals surface area contributed by atoms with Gasteiger partial charge >= 0.3 is 5.97 Å². The zero-order valence-corrected chi connectivity index (χ0v) is 14.1. The molecule has 124 valence electrons. The molecule has 0 spiro atoms. The van der Waals surface area contributed by atoms with E-state index in [1.165, 1.54) is 18.1 Å². The molecule has 1 fully saturated rings. The molecule has 0 radical (unpaired) electrons. The molecule has 2 atom stereocenters. The average Bonchev–Trinajstić information content (AvgIpc) is 3.11. The number of carbonyl (C=O) groups is 1. The van der Waals surface area contributed by atoms with Crippen molar-refractivity contribution in [3.63, 3.8) is 0 Å². The van der Waals surface area contributed by atoms with Gasteiger partial charge in [0.25, 0.3) is 0 Å². The topological polar surface area (TPSA) is 93.4 Å². The molecule has 2 aromatic heterocycles. The average molecular weight is 337 g/mol. The van der Waals surface area contributed by atoms with Gasteiger partial charge in [0.05, 0.1) is 19.0 Å². The van der Waals surface area contributed by atoms with E-state index in [0.29, 0.717) is 28.5 Å². The van der Waals surface area contributed by atoms with Gasteiger partial charge in [-0.1, -0.05) is 0 Å². The monoisotopic (exact) mass is 337 g/mol. The minimum absolute atomic E-state index is 0.253. The number of rotatable bonds is 4.